The van der Waals surface area contributed by atoms with Crippen LogP contribution in [0.5, 0.6) is 0 Å². The lowest BCUT2D eigenvalue weighted by atomic mass is 10.2. The van der Waals surface area contributed by atoms with E-state index in [9.17, 15) is 18.0 Å². The third-order valence-electron chi connectivity index (χ3n) is 2.83. The normalized spacial score (nSPS) is 11.6. The highest BCUT2D eigenvalue weighted by atomic mass is 35.5. The van der Waals surface area contributed by atoms with Crippen LogP contribution in [0.1, 0.15) is 21.3 Å². The highest BCUT2D eigenvalue weighted by Gasteiger charge is 2.21. The number of amides is 1. The molecule has 0 spiro atoms. The molecule has 0 aliphatic carbocycles. The van der Waals surface area contributed by atoms with Crippen LogP contribution >= 0.6 is 23.2 Å². The first-order valence-corrected chi connectivity index (χ1v) is 9.33. The largest absolute Gasteiger partial charge is 0.339 e. The van der Waals surface area contributed by atoms with Crippen LogP contribution in [0.2, 0.25) is 10.0 Å². The predicted octanol–water partition coefficient (Wildman–Crippen LogP) is 3.28. The molecule has 2 aromatic rings. The average molecular weight is 388 g/mol. The molecule has 1 unspecified atom stereocenters. The second-order valence-electron chi connectivity index (χ2n) is 4.72. The topological polar surface area (TPSA) is 80.3 Å². The molecule has 1 amide bonds. The van der Waals surface area contributed by atoms with Crippen molar-refractivity contribution in [1.29, 1.82) is 0 Å². The third kappa shape index (κ3) is 6.70. The van der Waals surface area contributed by atoms with Crippen LogP contribution in [0.4, 0.5) is 0 Å². The molecule has 0 aromatic heterocycles. The van der Waals surface area contributed by atoms with E-state index >= 15 is 0 Å². The number of carbonyl (C=O) groups is 2. The lowest BCUT2D eigenvalue weighted by molar-refractivity contribution is -0.109. The zero-order chi connectivity index (χ0) is 18.2. The molecule has 0 heterocycles. The summed E-state index contributed by atoms with van der Waals surface area (Å²) in [6.45, 7) is 0. The van der Waals surface area contributed by atoms with E-state index in [0.717, 1.165) is 12.5 Å². The van der Waals surface area contributed by atoms with Crippen LogP contribution in [0, 0.1) is 0 Å². The van der Waals surface area contributed by atoms with Crippen LogP contribution in [0.3, 0.4) is 0 Å². The van der Waals surface area contributed by atoms with Gasteiger partial charge < -0.3 is 5.32 Å². The van der Waals surface area contributed by atoms with Gasteiger partial charge in [-0.05, 0) is 29.8 Å². The Labute approximate surface area is 150 Å². The standard InChI is InChI=1S/C9H10ClNO3S.C7H5ClO/c1-15(13,14)9(11-6-12)7-2-4-8(10)5-3-7;8-7-3-1-6(5-9)2-4-7/h2-6,9H,1H3,(H,11,12);1-5H. The Bertz CT molecular complexity index is 775. The molecule has 0 aliphatic heterocycles. The van der Waals surface area contributed by atoms with Crippen molar-refractivity contribution in [3.8, 4) is 0 Å². The van der Waals surface area contributed by atoms with Gasteiger partial charge in [0.15, 0.2) is 15.2 Å². The van der Waals surface area contributed by atoms with Gasteiger partial charge in [0.05, 0.1) is 0 Å². The van der Waals surface area contributed by atoms with Gasteiger partial charge in [-0.1, -0.05) is 47.5 Å². The van der Waals surface area contributed by atoms with Crippen molar-refractivity contribution in [3.63, 3.8) is 0 Å². The van der Waals surface area contributed by atoms with Gasteiger partial charge in [-0.25, -0.2) is 8.42 Å². The fourth-order valence-electron chi connectivity index (χ4n) is 1.71. The Kier molecular flexibility index (Phi) is 7.91. The second kappa shape index (κ2) is 9.42. The van der Waals surface area contributed by atoms with Crippen LogP contribution in [0.15, 0.2) is 48.5 Å². The Balaban J connectivity index is 0.000000272. The van der Waals surface area contributed by atoms with E-state index in [1.54, 1.807) is 48.5 Å². The van der Waals surface area contributed by atoms with E-state index in [1.807, 2.05) is 0 Å². The summed E-state index contributed by atoms with van der Waals surface area (Å²) in [6, 6.07) is 13.0. The number of hydrogen-bond acceptors (Lipinski definition) is 4. The molecule has 0 fully saturated rings. The van der Waals surface area contributed by atoms with Gasteiger partial charge in [-0.3, -0.25) is 9.59 Å². The zero-order valence-corrected chi connectivity index (χ0v) is 15.0. The minimum absolute atomic E-state index is 0.361. The fraction of sp³-hybridized carbons (Fsp3) is 0.125. The molecule has 2 aromatic carbocycles. The minimum atomic E-state index is -3.38. The summed E-state index contributed by atoms with van der Waals surface area (Å²) in [5, 5.41) is 2.39. The highest BCUT2D eigenvalue weighted by Crippen LogP contribution is 2.20. The molecular formula is C16H15Cl2NO4S. The highest BCUT2D eigenvalue weighted by molar-refractivity contribution is 7.90. The molecule has 8 heteroatoms. The summed E-state index contributed by atoms with van der Waals surface area (Å²) in [4.78, 5) is 20.4. The summed E-state index contributed by atoms with van der Waals surface area (Å²) in [5.74, 6) is 0. The second-order valence-corrected chi connectivity index (χ2v) is 7.72. The molecule has 0 saturated carbocycles. The molecule has 1 N–H and O–H groups in total. The first-order chi connectivity index (χ1) is 11.3. The summed E-state index contributed by atoms with van der Waals surface area (Å²) < 4.78 is 22.7. The molecule has 5 nitrogen and oxygen atoms in total. The van der Waals surface area contributed by atoms with Crippen LogP contribution in [-0.2, 0) is 14.6 Å². The maximum atomic E-state index is 11.4. The lowest BCUT2D eigenvalue weighted by Gasteiger charge is -2.14. The van der Waals surface area contributed by atoms with Gasteiger partial charge in [0.2, 0.25) is 6.41 Å². The quantitative estimate of drug-likeness (QED) is 0.798. The SMILES string of the molecule is CS(=O)(=O)C(NC=O)c1ccc(Cl)cc1.O=Cc1ccc(Cl)cc1. The van der Waals surface area contributed by atoms with Crippen molar-refractivity contribution in [2.24, 2.45) is 0 Å². The fourth-order valence-corrected chi connectivity index (χ4v) is 2.91. The van der Waals surface area contributed by atoms with Gasteiger partial charge in [-0.15, -0.1) is 0 Å². The average Bonchev–Trinajstić information content (AvgIpc) is 2.54. The first-order valence-electron chi connectivity index (χ1n) is 6.62. The number of halogens is 2. The zero-order valence-electron chi connectivity index (χ0n) is 12.6. The Morgan fingerprint density at radius 3 is 1.75 bits per heavy atom. The van der Waals surface area contributed by atoms with Gasteiger partial charge in [0.25, 0.3) is 0 Å². The maximum absolute atomic E-state index is 11.4. The first kappa shape index (κ1) is 20.2. The number of sulfone groups is 1. The Morgan fingerprint density at radius 2 is 1.38 bits per heavy atom. The molecule has 2 rings (SSSR count). The Morgan fingerprint density at radius 1 is 0.917 bits per heavy atom. The van der Waals surface area contributed by atoms with E-state index < -0.39 is 15.2 Å². The molecule has 24 heavy (non-hydrogen) atoms. The summed E-state index contributed by atoms with van der Waals surface area (Å²) in [7, 11) is -3.38. The molecule has 0 aliphatic rings. The van der Waals surface area contributed by atoms with Crippen molar-refractivity contribution in [2.45, 2.75) is 5.37 Å². The smallest absolute Gasteiger partial charge is 0.208 e. The number of rotatable bonds is 5. The van der Waals surface area contributed by atoms with E-state index in [0.29, 0.717) is 27.6 Å². The van der Waals surface area contributed by atoms with Crippen LogP contribution in [-0.4, -0.2) is 27.4 Å². The third-order valence-corrected chi connectivity index (χ3v) is 4.59. The summed E-state index contributed by atoms with van der Waals surface area (Å²) >= 11 is 11.2. The van der Waals surface area contributed by atoms with Crippen molar-refractivity contribution in [1.82, 2.24) is 5.32 Å². The van der Waals surface area contributed by atoms with E-state index in [2.05, 4.69) is 5.32 Å². The van der Waals surface area contributed by atoms with Gasteiger partial charge in [0, 0.05) is 21.9 Å². The molecule has 0 radical (unpaired) electrons. The van der Waals surface area contributed by atoms with Crippen molar-refractivity contribution in [2.75, 3.05) is 6.26 Å². The number of carbonyl (C=O) groups excluding carboxylic acids is 2. The molecule has 128 valence electrons. The molecule has 0 saturated heterocycles. The lowest BCUT2D eigenvalue weighted by Crippen LogP contribution is -2.26. The van der Waals surface area contributed by atoms with Crippen LogP contribution < -0.4 is 5.32 Å². The van der Waals surface area contributed by atoms with Crippen LogP contribution in [0.25, 0.3) is 0 Å². The minimum Gasteiger partial charge on any atom is -0.339 e. The predicted molar refractivity (Wildman–Crippen MR) is 95.1 cm³/mol. The monoisotopic (exact) mass is 387 g/mol. The van der Waals surface area contributed by atoms with E-state index in [-0.39, 0.29) is 0 Å². The van der Waals surface area contributed by atoms with E-state index in [4.69, 9.17) is 23.2 Å². The molecule has 1 atom stereocenters. The van der Waals surface area contributed by atoms with Gasteiger partial charge in [-0.2, -0.15) is 0 Å². The number of nitrogens with one attached hydrogen (secondary N) is 1. The molecular weight excluding hydrogens is 373 g/mol. The number of aldehydes is 1. The Hall–Kier alpha value is -1.89. The van der Waals surface area contributed by atoms with Crippen molar-refractivity contribution >= 4 is 45.7 Å². The van der Waals surface area contributed by atoms with E-state index in [1.165, 1.54) is 0 Å². The van der Waals surface area contributed by atoms with Gasteiger partial charge >= 0.3 is 0 Å². The molecule has 0 bridgehead atoms. The summed E-state index contributed by atoms with van der Waals surface area (Å²) in [5.41, 5.74) is 1.13. The number of hydrogen-bond donors (Lipinski definition) is 1. The van der Waals surface area contributed by atoms with Crippen molar-refractivity contribution < 1.29 is 18.0 Å². The van der Waals surface area contributed by atoms with Crippen molar-refractivity contribution in [3.05, 3.63) is 69.7 Å². The number of benzene rings is 2. The maximum Gasteiger partial charge on any atom is 0.208 e. The van der Waals surface area contributed by atoms with Gasteiger partial charge in [0.1, 0.15) is 6.29 Å². The summed E-state index contributed by atoms with van der Waals surface area (Å²) in [6.07, 6.45) is 2.21.